The van der Waals surface area contributed by atoms with Gasteiger partial charge in [0.1, 0.15) is 0 Å². The molecule has 0 saturated carbocycles. The second-order valence-corrected chi connectivity index (χ2v) is 6.14. The molecule has 0 aromatic heterocycles. The van der Waals surface area contributed by atoms with Gasteiger partial charge in [-0.05, 0) is 29.7 Å². The van der Waals surface area contributed by atoms with Crippen LogP contribution in [0.25, 0.3) is 0 Å². The van der Waals surface area contributed by atoms with E-state index in [1.807, 2.05) is 29.6 Å². The normalized spacial score (nSPS) is 17.6. The van der Waals surface area contributed by atoms with Gasteiger partial charge in [-0.1, -0.05) is 36.4 Å². The summed E-state index contributed by atoms with van der Waals surface area (Å²) in [5, 5.41) is 1.90. The van der Waals surface area contributed by atoms with Gasteiger partial charge in [0.05, 0.1) is 0 Å². The van der Waals surface area contributed by atoms with E-state index in [4.69, 9.17) is 9.47 Å². The second kappa shape index (κ2) is 5.82. The number of alkyl halides is 3. The number of rotatable bonds is 1. The number of nitrogens with one attached hydrogen (secondary N) is 1. The molecule has 0 spiro atoms. The molecule has 2 aliphatic rings. The van der Waals surface area contributed by atoms with Crippen LogP contribution in [0.5, 0.6) is 11.5 Å². The average Bonchev–Trinajstić information content (AvgIpc) is 3.00. The Bertz CT molecular complexity index is 829. The largest absolute Gasteiger partial charge is 0.492 e. The average molecular weight is 364 g/mol. The fourth-order valence-corrected chi connectivity index (χ4v) is 3.08. The molecular weight excluding hydrogens is 349 g/mol. The number of urea groups is 1. The van der Waals surface area contributed by atoms with E-state index in [1.54, 1.807) is 0 Å². The van der Waals surface area contributed by atoms with Gasteiger partial charge in [-0.15, -0.1) is 0 Å². The van der Waals surface area contributed by atoms with Crippen LogP contribution >= 0.6 is 0 Å². The molecule has 2 aliphatic heterocycles. The third kappa shape index (κ3) is 2.71. The lowest BCUT2D eigenvalue weighted by atomic mass is 10.0. The SMILES string of the molecule is O=C(NC1(C(F)(F)F)Oc2ccccc2O1)N1CCc2ccccc2C1. The standard InChI is InChI=1S/C18H15F3N2O3/c19-17(20,21)18(25-14-7-3-4-8-15(14)26-18)22-16(24)23-10-9-12-5-1-2-6-13(12)11-23/h1-8H,9-11H2,(H,22,24). The Morgan fingerprint density at radius 3 is 2.19 bits per heavy atom. The molecule has 0 radical (unpaired) electrons. The number of carbonyl (C=O) groups is 1. The van der Waals surface area contributed by atoms with Crippen LogP contribution in [-0.2, 0) is 13.0 Å². The number of fused-ring (bicyclic) bond motifs is 2. The summed E-state index contributed by atoms with van der Waals surface area (Å²) >= 11 is 0. The smallest absolute Gasteiger partial charge is 0.424 e. The summed E-state index contributed by atoms with van der Waals surface area (Å²) in [7, 11) is 0. The fraction of sp³-hybridized carbons (Fsp3) is 0.278. The molecule has 2 amide bonds. The lowest BCUT2D eigenvalue weighted by Crippen LogP contribution is -2.66. The van der Waals surface area contributed by atoms with Gasteiger partial charge in [-0.3, -0.25) is 5.32 Å². The van der Waals surface area contributed by atoms with Crippen LogP contribution in [-0.4, -0.2) is 29.6 Å². The number of nitrogens with zero attached hydrogens (tertiary/aromatic N) is 1. The maximum atomic E-state index is 13.7. The zero-order valence-corrected chi connectivity index (χ0v) is 13.5. The van der Waals surface area contributed by atoms with Crippen LogP contribution in [0.3, 0.4) is 0 Å². The van der Waals surface area contributed by atoms with Gasteiger partial charge in [0, 0.05) is 13.1 Å². The minimum absolute atomic E-state index is 0.0749. The van der Waals surface area contributed by atoms with Gasteiger partial charge in [-0.25, -0.2) is 4.79 Å². The first-order chi connectivity index (χ1) is 12.4. The Morgan fingerprint density at radius 2 is 1.58 bits per heavy atom. The van der Waals surface area contributed by atoms with Crippen molar-refractivity contribution in [2.24, 2.45) is 0 Å². The molecule has 0 bridgehead atoms. The van der Waals surface area contributed by atoms with E-state index in [0.29, 0.717) is 13.0 Å². The quantitative estimate of drug-likeness (QED) is 0.843. The van der Waals surface area contributed by atoms with Gasteiger partial charge in [0.15, 0.2) is 11.5 Å². The monoisotopic (exact) mass is 364 g/mol. The summed E-state index contributed by atoms with van der Waals surface area (Å²) in [4.78, 5) is 13.8. The molecule has 5 nitrogen and oxygen atoms in total. The third-order valence-corrected chi connectivity index (χ3v) is 4.42. The zero-order valence-electron chi connectivity index (χ0n) is 13.5. The Kier molecular flexibility index (Phi) is 3.71. The number of amides is 2. The van der Waals surface area contributed by atoms with Crippen LogP contribution in [0.4, 0.5) is 18.0 Å². The third-order valence-electron chi connectivity index (χ3n) is 4.42. The Hall–Kier alpha value is -2.90. The van der Waals surface area contributed by atoms with E-state index in [-0.39, 0.29) is 18.0 Å². The highest BCUT2D eigenvalue weighted by atomic mass is 19.4. The molecule has 0 fully saturated rings. The first-order valence-corrected chi connectivity index (χ1v) is 8.06. The minimum Gasteiger partial charge on any atom is -0.424 e. The highest BCUT2D eigenvalue weighted by Crippen LogP contribution is 2.45. The molecule has 0 saturated heterocycles. The van der Waals surface area contributed by atoms with Crippen LogP contribution in [0.15, 0.2) is 48.5 Å². The van der Waals surface area contributed by atoms with Crippen LogP contribution in [0.2, 0.25) is 0 Å². The summed E-state index contributed by atoms with van der Waals surface area (Å²) in [6, 6.07) is 12.4. The molecule has 0 unspecified atom stereocenters. The predicted molar refractivity (Wildman–Crippen MR) is 85.6 cm³/mol. The lowest BCUT2D eigenvalue weighted by Gasteiger charge is -2.34. The van der Waals surface area contributed by atoms with Gasteiger partial charge < -0.3 is 14.4 Å². The summed E-state index contributed by atoms with van der Waals surface area (Å²) in [6.45, 7) is 0.534. The number of hydrogen-bond donors (Lipinski definition) is 1. The maximum Gasteiger partial charge on any atom is 0.492 e. The molecule has 26 heavy (non-hydrogen) atoms. The highest BCUT2D eigenvalue weighted by Gasteiger charge is 2.66. The predicted octanol–water partition coefficient (Wildman–Crippen LogP) is 3.44. The molecule has 0 aliphatic carbocycles. The van der Waals surface area contributed by atoms with Crippen molar-refractivity contribution in [1.29, 1.82) is 0 Å². The van der Waals surface area contributed by atoms with Gasteiger partial charge in [0.2, 0.25) is 0 Å². The maximum absolute atomic E-state index is 13.7. The number of para-hydroxylation sites is 2. The first kappa shape index (κ1) is 16.6. The molecule has 2 aromatic rings. The van der Waals surface area contributed by atoms with Crippen molar-refractivity contribution >= 4 is 6.03 Å². The second-order valence-electron chi connectivity index (χ2n) is 6.14. The van der Waals surface area contributed by atoms with Crippen molar-refractivity contribution in [3.63, 3.8) is 0 Å². The minimum atomic E-state index is -4.96. The highest BCUT2D eigenvalue weighted by molar-refractivity contribution is 5.75. The van der Waals surface area contributed by atoms with Crippen LogP contribution < -0.4 is 14.8 Å². The lowest BCUT2D eigenvalue weighted by molar-refractivity contribution is -0.318. The van der Waals surface area contributed by atoms with Crippen molar-refractivity contribution in [2.45, 2.75) is 25.1 Å². The van der Waals surface area contributed by atoms with E-state index in [2.05, 4.69) is 0 Å². The summed E-state index contributed by atoms with van der Waals surface area (Å²) in [5.74, 6) is -3.38. The molecule has 136 valence electrons. The number of halogens is 3. The summed E-state index contributed by atoms with van der Waals surface area (Å²) in [5.41, 5.74) is 1.99. The van der Waals surface area contributed by atoms with Gasteiger partial charge >= 0.3 is 18.1 Å². The van der Waals surface area contributed by atoms with E-state index < -0.39 is 18.1 Å². The Morgan fingerprint density at radius 1 is 1.00 bits per heavy atom. The van der Waals surface area contributed by atoms with Crippen LogP contribution in [0, 0.1) is 0 Å². The topological polar surface area (TPSA) is 50.8 Å². The Balaban J connectivity index is 1.56. The van der Waals surface area contributed by atoms with E-state index in [1.165, 1.54) is 29.2 Å². The Labute approximate surface area is 147 Å². The number of carbonyl (C=O) groups excluding carboxylic acids is 1. The first-order valence-electron chi connectivity index (χ1n) is 8.06. The van der Waals surface area contributed by atoms with E-state index in [9.17, 15) is 18.0 Å². The summed E-state index contributed by atoms with van der Waals surface area (Å²) < 4.78 is 51.0. The fourth-order valence-electron chi connectivity index (χ4n) is 3.08. The summed E-state index contributed by atoms with van der Waals surface area (Å²) in [6.07, 6.45) is -4.39. The van der Waals surface area contributed by atoms with Crippen LogP contribution in [0.1, 0.15) is 11.1 Å². The number of hydrogen-bond acceptors (Lipinski definition) is 3. The van der Waals surface area contributed by atoms with Crippen molar-refractivity contribution in [1.82, 2.24) is 10.2 Å². The molecule has 4 rings (SSSR count). The number of benzene rings is 2. The molecule has 0 atom stereocenters. The molecule has 1 N–H and O–H groups in total. The molecule has 2 aromatic carbocycles. The van der Waals surface area contributed by atoms with Crippen molar-refractivity contribution in [3.05, 3.63) is 59.7 Å². The molecule has 2 heterocycles. The number of ether oxygens (including phenoxy) is 2. The van der Waals surface area contributed by atoms with Crippen molar-refractivity contribution < 1.29 is 27.4 Å². The van der Waals surface area contributed by atoms with E-state index in [0.717, 1.165) is 11.1 Å². The van der Waals surface area contributed by atoms with Crippen molar-refractivity contribution in [3.8, 4) is 11.5 Å². The van der Waals surface area contributed by atoms with Crippen molar-refractivity contribution in [2.75, 3.05) is 6.54 Å². The molecule has 8 heteroatoms. The van der Waals surface area contributed by atoms with Gasteiger partial charge in [0.25, 0.3) is 0 Å². The zero-order chi connectivity index (χ0) is 18.4. The van der Waals surface area contributed by atoms with Gasteiger partial charge in [-0.2, -0.15) is 13.2 Å². The molecular formula is C18H15F3N2O3. The van der Waals surface area contributed by atoms with E-state index >= 15 is 0 Å².